The van der Waals surface area contributed by atoms with Crippen LogP contribution in [-0.4, -0.2) is 12.4 Å². The van der Waals surface area contributed by atoms with Crippen molar-refractivity contribution in [3.05, 3.63) is 41.7 Å². The molecule has 1 aromatic rings. The van der Waals surface area contributed by atoms with Crippen LogP contribution in [0, 0.1) is 5.82 Å². The van der Waals surface area contributed by atoms with Crippen LogP contribution in [0.2, 0.25) is 0 Å². The molecule has 0 aromatic heterocycles. The Kier molecular flexibility index (Phi) is 3.61. The summed E-state index contributed by atoms with van der Waals surface area (Å²) >= 11 is 0. The molecular formula is C12H13FO2. The van der Waals surface area contributed by atoms with Gasteiger partial charge in [-0.3, -0.25) is 4.79 Å². The molecule has 1 aromatic carbocycles. The van der Waals surface area contributed by atoms with Crippen molar-refractivity contribution in [1.82, 2.24) is 0 Å². The van der Waals surface area contributed by atoms with Gasteiger partial charge in [0.25, 0.3) is 0 Å². The van der Waals surface area contributed by atoms with E-state index in [1.54, 1.807) is 6.92 Å². The molecule has 0 bridgehead atoms. The fourth-order valence-electron chi connectivity index (χ4n) is 1.31. The Morgan fingerprint density at radius 1 is 1.47 bits per heavy atom. The van der Waals surface area contributed by atoms with Crippen LogP contribution in [0.3, 0.4) is 0 Å². The summed E-state index contributed by atoms with van der Waals surface area (Å²) in [5.74, 6) is -0.219. The third kappa shape index (κ3) is 2.65. The lowest BCUT2D eigenvalue weighted by Gasteiger charge is -2.10. The second kappa shape index (κ2) is 4.73. The second-order valence-corrected chi connectivity index (χ2v) is 3.10. The Balaban J connectivity index is 3.18. The first-order valence-corrected chi connectivity index (χ1v) is 4.68. The first kappa shape index (κ1) is 11.4. The fraction of sp³-hybridized carbons (Fsp3) is 0.250. The number of carbonyl (C=O) groups excluding carboxylic acids is 1. The quantitative estimate of drug-likeness (QED) is 0.561. The fourth-order valence-corrected chi connectivity index (χ4v) is 1.31. The molecule has 0 amide bonds. The normalized spacial score (nSPS) is 9.80. The molecule has 0 spiro atoms. The number of ketones is 1. The lowest BCUT2D eigenvalue weighted by atomic mass is 10.0. The number of carbonyl (C=O) groups is 1. The van der Waals surface area contributed by atoms with Crippen LogP contribution < -0.4 is 0 Å². The van der Waals surface area contributed by atoms with E-state index in [4.69, 9.17) is 4.74 Å². The van der Waals surface area contributed by atoms with Crippen LogP contribution in [0.25, 0.3) is 5.76 Å². The third-order valence-corrected chi connectivity index (χ3v) is 1.98. The Labute approximate surface area is 88.4 Å². The van der Waals surface area contributed by atoms with Gasteiger partial charge < -0.3 is 4.74 Å². The molecule has 0 unspecified atom stereocenters. The van der Waals surface area contributed by atoms with Gasteiger partial charge >= 0.3 is 0 Å². The molecule has 0 atom stereocenters. The second-order valence-electron chi connectivity index (χ2n) is 3.10. The van der Waals surface area contributed by atoms with E-state index in [2.05, 4.69) is 6.58 Å². The summed E-state index contributed by atoms with van der Waals surface area (Å²) in [5, 5.41) is 0. The number of benzene rings is 1. The number of hydrogen-bond acceptors (Lipinski definition) is 2. The number of ether oxygens (including phenoxy) is 1. The summed E-state index contributed by atoms with van der Waals surface area (Å²) in [6.07, 6.45) is 0. The molecule has 0 aliphatic heterocycles. The highest BCUT2D eigenvalue weighted by atomic mass is 19.1. The van der Waals surface area contributed by atoms with Crippen molar-refractivity contribution in [2.75, 3.05) is 6.61 Å². The molecule has 0 aliphatic rings. The number of hydrogen-bond donors (Lipinski definition) is 0. The maximum atomic E-state index is 13.0. The highest BCUT2D eigenvalue weighted by Crippen LogP contribution is 2.20. The van der Waals surface area contributed by atoms with Gasteiger partial charge in [-0.1, -0.05) is 6.58 Å². The van der Waals surface area contributed by atoms with Gasteiger partial charge in [0.2, 0.25) is 0 Å². The van der Waals surface area contributed by atoms with E-state index in [1.807, 2.05) is 0 Å². The molecule has 3 heteroatoms. The molecule has 2 nitrogen and oxygen atoms in total. The average molecular weight is 208 g/mol. The molecule has 0 saturated heterocycles. The number of Topliss-reactive ketones (excluding diaryl/α,β-unsaturated/α-hetero) is 1. The predicted molar refractivity (Wildman–Crippen MR) is 57.1 cm³/mol. The largest absolute Gasteiger partial charge is 0.494 e. The molecule has 80 valence electrons. The number of rotatable bonds is 4. The first-order valence-electron chi connectivity index (χ1n) is 4.68. The summed E-state index contributed by atoms with van der Waals surface area (Å²) in [6, 6.07) is 3.95. The zero-order valence-electron chi connectivity index (χ0n) is 8.84. The zero-order valence-corrected chi connectivity index (χ0v) is 8.84. The molecule has 0 aliphatic carbocycles. The topological polar surface area (TPSA) is 26.3 Å². The highest BCUT2D eigenvalue weighted by Gasteiger charge is 2.11. The van der Waals surface area contributed by atoms with Crippen molar-refractivity contribution >= 4 is 11.5 Å². The summed E-state index contributed by atoms with van der Waals surface area (Å²) in [4.78, 5) is 11.3. The van der Waals surface area contributed by atoms with Gasteiger partial charge in [-0.05, 0) is 32.0 Å². The Morgan fingerprint density at radius 2 is 2.13 bits per heavy atom. The lowest BCUT2D eigenvalue weighted by molar-refractivity contribution is 0.101. The minimum Gasteiger partial charge on any atom is -0.494 e. The Morgan fingerprint density at radius 3 is 2.67 bits per heavy atom. The summed E-state index contributed by atoms with van der Waals surface area (Å²) in [7, 11) is 0. The van der Waals surface area contributed by atoms with Crippen LogP contribution in [0.1, 0.15) is 29.8 Å². The molecule has 1 rings (SSSR count). The van der Waals surface area contributed by atoms with E-state index in [0.29, 0.717) is 23.5 Å². The van der Waals surface area contributed by atoms with Gasteiger partial charge in [-0.25, -0.2) is 4.39 Å². The molecular weight excluding hydrogens is 195 g/mol. The molecule has 0 radical (unpaired) electrons. The third-order valence-electron chi connectivity index (χ3n) is 1.98. The van der Waals surface area contributed by atoms with Crippen molar-refractivity contribution in [1.29, 1.82) is 0 Å². The first-order chi connectivity index (χ1) is 7.06. The van der Waals surface area contributed by atoms with Crippen molar-refractivity contribution < 1.29 is 13.9 Å². The van der Waals surface area contributed by atoms with Crippen LogP contribution in [-0.2, 0) is 4.74 Å². The molecule has 0 N–H and O–H groups in total. The SMILES string of the molecule is C=C(OCC)c1cc(F)ccc1C(C)=O. The number of halogens is 1. The lowest BCUT2D eigenvalue weighted by Crippen LogP contribution is -2.01. The molecule has 0 fully saturated rings. The van der Waals surface area contributed by atoms with Crippen LogP contribution in [0.4, 0.5) is 4.39 Å². The smallest absolute Gasteiger partial charge is 0.160 e. The van der Waals surface area contributed by atoms with Gasteiger partial charge in [-0.2, -0.15) is 0 Å². The summed E-state index contributed by atoms with van der Waals surface area (Å²) < 4.78 is 18.2. The standard InChI is InChI=1S/C12H13FO2/c1-4-15-9(3)12-7-10(13)5-6-11(12)8(2)14/h5-7H,3-4H2,1-2H3. The van der Waals surface area contributed by atoms with Gasteiger partial charge in [0.15, 0.2) is 5.78 Å². The maximum Gasteiger partial charge on any atom is 0.160 e. The van der Waals surface area contributed by atoms with E-state index >= 15 is 0 Å². The Bertz CT molecular complexity index is 397. The van der Waals surface area contributed by atoms with E-state index in [-0.39, 0.29) is 5.78 Å². The minimum absolute atomic E-state index is 0.133. The monoisotopic (exact) mass is 208 g/mol. The molecule has 0 saturated carbocycles. The van der Waals surface area contributed by atoms with E-state index < -0.39 is 5.82 Å². The predicted octanol–water partition coefficient (Wildman–Crippen LogP) is 3.04. The highest BCUT2D eigenvalue weighted by molar-refractivity contribution is 5.98. The average Bonchev–Trinajstić information content (AvgIpc) is 2.17. The summed E-state index contributed by atoms with van der Waals surface area (Å²) in [5.41, 5.74) is 0.846. The molecule has 15 heavy (non-hydrogen) atoms. The summed E-state index contributed by atoms with van der Waals surface area (Å²) in [6.45, 7) is 7.32. The van der Waals surface area contributed by atoms with Crippen molar-refractivity contribution in [2.45, 2.75) is 13.8 Å². The van der Waals surface area contributed by atoms with Crippen molar-refractivity contribution in [3.63, 3.8) is 0 Å². The van der Waals surface area contributed by atoms with Gasteiger partial charge in [-0.15, -0.1) is 0 Å². The van der Waals surface area contributed by atoms with Gasteiger partial charge in [0, 0.05) is 11.1 Å². The van der Waals surface area contributed by atoms with Crippen LogP contribution in [0.5, 0.6) is 0 Å². The van der Waals surface area contributed by atoms with Gasteiger partial charge in [0.05, 0.1) is 6.61 Å². The van der Waals surface area contributed by atoms with E-state index in [0.717, 1.165) is 0 Å². The van der Waals surface area contributed by atoms with Crippen molar-refractivity contribution in [2.24, 2.45) is 0 Å². The minimum atomic E-state index is -0.407. The zero-order chi connectivity index (χ0) is 11.4. The van der Waals surface area contributed by atoms with Crippen LogP contribution in [0.15, 0.2) is 24.8 Å². The van der Waals surface area contributed by atoms with Crippen LogP contribution >= 0.6 is 0 Å². The molecule has 0 heterocycles. The Hall–Kier alpha value is -1.64. The van der Waals surface area contributed by atoms with E-state index in [1.165, 1.54) is 25.1 Å². The van der Waals surface area contributed by atoms with Crippen molar-refractivity contribution in [3.8, 4) is 0 Å². The van der Waals surface area contributed by atoms with E-state index in [9.17, 15) is 9.18 Å². The van der Waals surface area contributed by atoms with Gasteiger partial charge in [0.1, 0.15) is 11.6 Å². The maximum absolute atomic E-state index is 13.0.